The van der Waals surface area contributed by atoms with E-state index >= 15 is 0 Å². The summed E-state index contributed by atoms with van der Waals surface area (Å²) >= 11 is 6.22. The molecule has 1 atom stereocenters. The Bertz CT molecular complexity index is 2080. The van der Waals surface area contributed by atoms with Gasteiger partial charge in [0.2, 0.25) is 0 Å². The van der Waals surface area contributed by atoms with Gasteiger partial charge in [0.1, 0.15) is 23.6 Å². The van der Waals surface area contributed by atoms with E-state index in [1.165, 1.54) is 6.42 Å². The number of rotatable bonds is 11. The molecule has 1 N–H and O–H groups in total. The number of anilines is 2. The molecule has 252 valence electrons. The van der Waals surface area contributed by atoms with Crippen molar-refractivity contribution in [1.29, 1.82) is 0 Å². The quantitative estimate of drug-likeness (QED) is 0.166. The van der Waals surface area contributed by atoms with Gasteiger partial charge in [-0.15, -0.1) is 0 Å². The van der Waals surface area contributed by atoms with E-state index in [9.17, 15) is 4.79 Å². The number of halogens is 1. The lowest BCUT2D eigenvalue weighted by Crippen LogP contribution is -2.43. The SMILES string of the molecule is CCCc1cc(N2CCCCC2Cn2ccc(-c3cncn3Cc3ccc(C(=O)Nc4cc(C)c(Cl)cc4OC)cc3)n2)n2ncnc2n1. The van der Waals surface area contributed by atoms with Crippen molar-refractivity contribution in [3.05, 3.63) is 101 Å². The van der Waals surface area contributed by atoms with Crippen molar-refractivity contribution in [3.8, 4) is 17.1 Å². The number of nitrogens with one attached hydrogen (secondary N) is 1. The summed E-state index contributed by atoms with van der Waals surface area (Å²) in [5, 5.41) is 13.0. The molecule has 1 unspecified atom stereocenters. The highest BCUT2D eigenvalue weighted by Gasteiger charge is 2.27. The minimum absolute atomic E-state index is 0.229. The molecule has 1 amide bonds. The van der Waals surface area contributed by atoms with E-state index in [0.717, 1.165) is 72.8 Å². The number of aromatic nitrogens is 8. The average molecular weight is 679 g/mol. The minimum atomic E-state index is -0.229. The maximum absolute atomic E-state index is 13.0. The maximum Gasteiger partial charge on any atom is 0.255 e. The summed E-state index contributed by atoms with van der Waals surface area (Å²) in [6.07, 6.45) is 12.6. The third-order valence-electron chi connectivity index (χ3n) is 9.02. The van der Waals surface area contributed by atoms with Crippen molar-refractivity contribution in [2.75, 3.05) is 23.9 Å². The predicted octanol–water partition coefficient (Wildman–Crippen LogP) is 6.47. The molecule has 1 saturated heterocycles. The Balaban J connectivity index is 1.04. The number of ether oxygens (including phenoxy) is 1. The number of imidazole rings is 1. The van der Waals surface area contributed by atoms with E-state index in [-0.39, 0.29) is 11.9 Å². The zero-order chi connectivity index (χ0) is 33.9. The molecule has 13 heteroatoms. The van der Waals surface area contributed by atoms with Gasteiger partial charge in [-0.05, 0) is 68.0 Å². The van der Waals surface area contributed by atoms with Crippen LogP contribution in [-0.4, -0.2) is 64.5 Å². The molecule has 6 aromatic rings. The molecule has 0 saturated carbocycles. The first-order chi connectivity index (χ1) is 23.9. The number of hydrogen-bond donors (Lipinski definition) is 1. The number of fused-ring (bicyclic) bond motifs is 1. The molecule has 0 aliphatic carbocycles. The van der Waals surface area contributed by atoms with Crippen LogP contribution in [0.4, 0.5) is 11.5 Å². The Labute approximate surface area is 289 Å². The van der Waals surface area contributed by atoms with Crippen molar-refractivity contribution >= 4 is 34.8 Å². The van der Waals surface area contributed by atoms with Gasteiger partial charge < -0.3 is 19.5 Å². The van der Waals surface area contributed by atoms with E-state index in [0.29, 0.717) is 34.3 Å². The molecule has 5 heterocycles. The fourth-order valence-electron chi connectivity index (χ4n) is 6.48. The van der Waals surface area contributed by atoms with E-state index in [1.54, 1.807) is 25.6 Å². The Morgan fingerprint density at radius 3 is 2.80 bits per heavy atom. The normalized spacial score (nSPS) is 14.8. The summed E-state index contributed by atoms with van der Waals surface area (Å²) in [7, 11) is 1.55. The van der Waals surface area contributed by atoms with Gasteiger partial charge in [-0.25, -0.2) is 9.97 Å². The van der Waals surface area contributed by atoms with Crippen LogP contribution < -0.4 is 15.0 Å². The van der Waals surface area contributed by atoms with Gasteiger partial charge in [0.25, 0.3) is 11.7 Å². The smallest absolute Gasteiger partial charge is 0.255 e. The fraction of sp³-hybridized carbons (Fsp3) is 0.333. The standard InChI is InChI=1S/C36H39ClN10O2/c1-4-7-27-17-34(47-36(41-27)39-22-40-47)46-14-6-5-8-28(46)21-45-15-13-30(43-45)32-19-38-23-44(32)20-25-9-11-26(12-10-25)35(48)42-31-16-24(2)29(37)18-33(31)49-3/h9-13,15-19,22-23,28H,4-8,14,20-21H2,1-3H3,(H,42,48). The topological polar surface area (TPSA) is 120 Å². The Hall–Kier alpha value is -5.23. The van der Waals surface area contributed by atoms with Crippen LogP contribution in [0.1, 0.15) is 59.8 Å². The van der Waals surface area contributed by atoms with E-state index in [1.807, 2.05) is 65.2 Å². The monoisotopic (exact) mass is 678 g/mol. The molecule has 7 rings (SSSR count). The molecular formula is C36H39ClN10O2. The molecule has 0 bridgehead atoms. The second-order valence-electron chi connectivity index (χ2n) is 12.5. The molecule has 49 heavy (non-hydrogen) atoms. The zero-order valence-electron chi connectivity index (χ0n) is 27.9. The van der Waals surface area contributed by atoms with Crippen LogP contribution in [0.3, 0.4) is 0 Å². The van der Waals surface area contributed by atoms with Gasteiger partial charge in [-0.1, -0.05) is 37.1 Å². The lowest BCUT2D eigenvalue weighted by atomic mass is 10.0. The first kappa shape index (κ1) is 32.3. The lowest BCUT2D eigenvalue weighted by Gasteiger charge is -2.37. The largest absolute Gasteiger partial charge is 0.495 e. The Morgan fingerprint density at radius 2 is 1.98 bits per heavy atom. The number of methoxy groups -OCH3 is 1. The summed E-state index contributed by atoms with van der Waals surface area (Å²) in [5.74, 6) is 1.97. The minimum Gasteiger partial charge on any atom is -0.495 e. The number of nitrogens with zero attached hydrogens (tertiary/aromatic N) is 9. The van der Waals surface area contributed by atoms with Crippen LogP contribution in [0.2, 0.25) is 5.02 Å². The van der Waals surface area contributed by atoms with Gasteiger partial charge in [0, 0.05) is 53.7 Å². The number of carbonyl (C=O) groups excluding carboxylic acids is 1. The van der Waals surface area contributed by atoms with Crippen LogP contribution in [0.5, 0.6) is 5.75 Å². The van der Waals surface area contributed by atoms with Gasteiger partial charge in [0.05, 0.1) is 37.6 Å². The van der Waals surface area contributed by atoms with Crippen LogP contribution >= 0.6 is 11.6 Å². The van der Waals surface area contributed by atoms with Crippen molar-refractivity contribution in [2.45, 2.75) is 65.1 Å². The second-order valence-corrected chi connectivity index (χ2v) is 12.9. The fourth-order valence-corrected chi connectivity index (χ4v) is 6.64. The summed E-state index contributed by atoms with van der Waals surface area (Å²) in [4.78, 5) is 29.0. The zero-order valence-corrected chi connectivity index (χ0v) is 28.6. The molecule has 12 nitrogen and oxygen atoms in total. The third kappa shape index (κ3) is 6.86. The van der Waals surface area contributed by atoms with E-state index in [4.69, 9.17) is 26.4 Å². The number of benzene rings is 2. The molecule has 0 spiro atoms. The molecule has 4 aromatic heterocycles. The van der Waals surface area contributed by atoms with E-state index in [2.05, 4.69) is 42.8 Å². The molecule has 2 aromatic carbocycles. The highest BCUT2D eigenvalue weighted by molar-refractivity contribution is 6.31. The van der Waals surface area contributed by atoms with Crippen molar-refractivity contribution in [2.24, 2.45) is 0 Å². The van der Waals surface area contributed by atoms with Crippen LogP contribution in [-0.2, 0) is 19.5 Å². The van der Waals surface area contributed by atoms with E-state index < -0.39 is 0 Å². The van der Waals surface area contributed by atoms with Gasteiger partial charge in [0.15, 0.2) is 0 Å². The van der Waals surface area contributed by atoms with Crippen molar-refractivity contribution < 1.29 is 9.53 Å². The van der Waals surface area contributed by atoms with Crippen molar-refractivity contribution in [1.82, 2.24) is 38.9 Å². The summed E-state index contributed by atoms with van der Waals surface area (Å²) in [6, 6.07) is 15.5. The molecule has 1 aliphatic rings. The van der Waals surface area contributed by atoms with Crippen molar-refractivity contribution in [3.63, 3.8) is 0 Å². The van der Waals surface area contributed by atoms with Crippen LogP contribution in [0.15, 0.2) is 73.6 Å². The summed E-state index contributed by atoms with van der Waals surface area (Å²) in [5.41, 5.74) is 5.83. The maximum atomic E-state index is 13.0. The van der Waals surface area contributed by atoms with Gasteiger partial charge in [-0.2, -0.15) is 19.7 Å². The average Bonchev–Trinajstić information content (AvgIpc) is 3.88. The third-order valence-corrected chi connectivity index (χ3v) is 9.43. The molecule has 1 aliphatic heterocycles. The number of aryl methyl sites for hydroxylation is 2. The molecule has 0 radical (unpaired) electrons. The summed E-state index contributed by atoms with van der Waals surface area (Å²) in [6.45, 7) is 6.33. The lowest BCUT2D eigenvalue weighted by molar-refractivity contribution is 0.102. The number of piperidine rings is 1. The van der Waals surface area contributed by atoms with Gasteiger partial charge >= 0.3 is 0 Å². The highest BCUT2D eigenvalue weighted by Crippen LogP contribution is 2.32. The highest BCUT2D eigenvalue weighted by atomic mass is 35.5. The molecule has 1 fully saturated rings. The first-order valence-corrected chi connectivity index (χ1v) is 17.0. The summed E-state index contributed by atoms with van der Waals surface area (Å²) < 4.78 is 11.4. The molecular weight excluding hydrogens is 640 g/mol. The number of carbonyl (C=O) groups is 1. The van der Waals surface area contributed by atoms with Crippen LogP contribution in [0.25, 0.3) is 17.2 Å². The Morgan fingerprint density at radius 1 is 1.12 bits per heavy atom. The predicted molar refractivity (Wildman–Crippen MR) is 189 cm³/mol. The Kier molecular flexibility index (Phi) is 9.30. The van der Waals surface area contributed by atoms with Gasteiger partial charge in [-0.3, -0.25) is 9.48 Å². The number of amides is 1. The van der Waals surface area contributed by atoms with Crippen LogP contribution in [0, 0.1) is 6.92 Å². The number of hydrogen-bond acceptors (Lipinski definition) is 8. The second kappa shape index (κ2) is 14.1. The first-order valence-electron chi connectivity index (χ1n) is 16.6.